The zero-order valence-corrected chi connectivity index (χ0v) is 10.4. The number of aromatic nitrogens is 4. The lowest BCUT2D eigenvalue weighted by Crippen LogP contribution is -2.27. The Labute approximate surface area is 105 Å². The van der Waals surface area contributed by atoms with E-state index < -0.39 is 0 Å². The van der Waals surface area contributed by atoms with Crippen LogP contribution in [0.3, 0.4) is 0 Å². The molecule has 0 radical (unpaired) electrons. The molecule has 2 aromatic heterocycles. The maximum atomic E-state index is 11.9. The van der Waals surface area contributed by atoms with Crippen LogP contribution in [0.1, 0.15) is 12.7 Å². The molecule has 6 heteroatoms. The monoisotopic (exact) mass is 245 g/mol. The highest BCUT2D eigenvalue weighted by Crippen LogP contribution is 2.11. The second-order valence-corrected chi connectivity index (χ2v) is 4.23. The van der Waals surface area contributed by atoms with Crippen molar-refractivity contribution < 1.29 is 0 Å². The summed E-state index contributed by atoms with van der Waals surface area (Å²) in [5.74, 6) is 0.658. The van der Waals surface area contributed by atoms with Gasteiger partial charge in [0.1, 0.15) is 12.2 Å². The number of hydrogen-bond acceptors (Lipinski definition) is 5. The zero-order valence-electron chi connectivity index (χ0n) is 10.4. The quantitative estimate of drug-likeness (QED) is 0.830. The van der Waals surface area contributed by atoms with Crippen LogP contribution in [-0.2, 0) is 13.5 Å². The van der Waals surface area contributed by atoms with Gasteiger partial charge in [0.15, 0.2) is 0 Å². The maximum absolute atomic E-state index is 11.9. The second kappa shape index (κ2) is 5.05. The molecule has 2 rings (SSSR count). The third kappa shape index (κ3) is 2.60. The molecule has 18 heavy (non-hydrogen) atoms. The van der Waals surface area contributed by atoms with E-state index in [2.05, 4.69) is 15.0 Å². The molecule has 1 unspecified atom stereocenters. The minimum Gasteiger partial charge on any atom is -0.328 e. The van der Waals surface area contributed by atoms with E-state index in [0.717, 1.165) is 0 Å². The first kappa shape index (κ1) is 12.4. The predicted octanol–water partition coefficient (Wildman–Crippen LogP) is 0.127. The van der Waals surface area contributed by atoms with Gasteiger partial charge in [0.25, 0.3) is 5.56 Å². The molecule has 0 saturated carbocycles. The van der Waals surface area contributed by atoms with Crippen molar-refractivity contribution in [3.8, 4) is 11.4 Å². The van der Waals surface area contributed by atoms with Crippen LogP contribution in [0.4, 0.5) is 0 Å². The van der Waals surface area contributed by atoms with Crippen LogP contribution in [0, 0.1) is 0 Å². The molecule has 1 atom stereocenters. The van der Waals surface area contributed by atoms with E-state index in [1.54, 1.807) is 19.3 Å². The molecule has 0 fully saturated rings. The Morgan fingerprint density at radius 1 is 1.44 bits per heavy atom. The first-order valence-electron chi connectivity index (χ1n) is 5.67. The Morgan fingerprint density at radius 2 is 2.22 bits per heavy atom. The molecule has 0 aromatic carbocycles. The predicted molar refractivity (Wildman–Crippen MR) is 67.9 cm³/mol. The van der Waals surface area contributed by atoms with Crippen LogP contribution in [0.2, 0.25) is 0 Å². The van der Waals surface area contributed by atoms with Crippen molar-refractivity contribution in [2.24, 2.45) is 12.8 Å². The lowest BCUT2D eigenvalue weighted by molar-refractivity contribution is 0.645. The summed E-state index contributed by atoms with van der Waals surface area (Å²) in [6, 6.07) is 3.13. The minimum absolute atomic E-state index is 0.0521. The van der Waals surface area contributed by atoms with E-state index in [4.69, 9.17) is 5.73 Å². The van der Waals surface area contributed by atoms with Gasteiger partial charge in [-0.3, -0.25) is 9.36 Å². The summed E-state index contributed by atoms with van der Waals surface area (Å²) in [5, 5.41) is 0. The van der Waals surface area contributed by atoms with Crippen molar-refractivity contribution in [2.75, 3.05) is 0 Å². The van der Waals surface area contributed by atoms with Crippen LogP contribution >= 0.6 is 0 Å². The highest BCUT2D eigenvalue weighted by Gasteiger charge is 2.09. The van der Waals surface area contributed by atoms with Gasteiger partial charge in [0.2, 0.25) is 0 Å². The molecule has 0 aliphatic carbocycles. The van der Waals surface area contributed by atoms with Crippen molar-refractivity contribution in [3.05, 3.63) is 40.8 Å². The van der Waals surface area contributed by atoms with Crippen LogP contribution in [0.15, 0.2) is 29.5 Å². The highest BCUT2D eigenvalue weighted by atomic mass is 16.1. The van der Waals surface area contributed by atoms with E-state index >= 15 is 0 Å². The van der Waals surface area contributed by atoms with Gasteiger partial charge in [-0.15, -0.1) is 0 Å². The smallest absolute Gasteiger partial charge is 0.253 e. The Bertz CT molecular complexity index is 591. The molecule has 2 N–H and O–H groups in total. The van der Waals surface area contributed by atoms with E-state index in [1.807, 2.05) is 6.92 Å². The minimum atomic E-state index is -0.116. The third-order valence-electron chi connectivity index (χ3n) is 2.58. The summed E-state index contributed by atoms with van der Waals surface area (Å²) < 4.78 is 1.51. The molecule has 2 heterocycles. The van der Waals surface area contributed by atoms with E-state index in [0.29, 0.717) is 23.6 Å². The lowest BCUT2D eigenvalue weighted by Gasteiger charge is -2.10. The molecular weight excluding hydrogens is 230 g/mol. The van der Waals surface area contributed by atoms with Gasteiger partial charge in [0.05, 0.1) is 11.4 Å². The largest absolute Gasteiger partial charge is 0.328 e. The summed E-state index contributed by atoms with van der Waals surface area (Å²) in [6.07, 6.45) is 3.59. The van der Waals surface area contributed by atoms with E-state index in [-0.39, 0.29) is 11.6 Å². The van der Waals surface area contributed by atoms with E-state index in [1.165, 1.54) is 17.0 Å². The van der Waals surface area contributed by atoms with Gasteiger partial charge in [-0.05, 0) is 13.0 Å². The first-order chi connectivity index (χ1) is 8.58. The van der Waals surface area contributed by atoms with Gasteiger partial charge in [-0.1, -0.05) is 0 Å². The van der Waals surface area contributed by atoms with Gasteiger partial charge in [-0.25, -0.2) is 15.0 Å². The Kier molecular flexibility index (Phi) is 3.47. The van der Waals surface area contributed by atoms with Crippen molar-refractivity contribution in [1.29, 1.82) is 0 Å². The van der Waals surface area contributed by atoms with Crippen LogP contribution < -0.4 is 11.3 Å². The Morgan fingerprint density at radius 3 is 2.83 bits per heavy atom. The molecule has 0 aliphatic heterocycles. The SMILES string of the molecule is CC(N)Cc1nc(-c2ccncn2)cc(=O)n1C. The normalized spacial score (nSPS) is 12.4. The molecule has 2 aromatic rings. The number of hydrogen-bond donors (Lipinski definition) is 1. The first-order valence-corrected chi connectivity index (χ1v) is 5.67. The molecular formula is C12H15N5O. The fourth-order valence-electron chi connectivity index (χ4n) is 1.63. The zero-order chi connectivity index (χ0) is 13.1. The summed E-state index contributed by atoms with van der Waals surface area (Å²) in [4.78, 5) is 24.2. The van der Waals surface area contributed by atoms with Crippen molar-refractivity contribution >= 4 is 0 Å². The summed E-state index contributed by atoms with van der Waals surface area (Å²) in [7, 11) is 1.69. The standard InChI is InChI=1S/C12H15N5O/c1-8(13)5-11-16-10(6-12(18)17(11)2)9-3-4-14-7-15-9/h3-4,6-8H,5,13H2,1-2H3. The fourth-order valence-corrected chi connectivity index (χ4v) is 1.63. The molecule has 0 saturated heterocycles. The van der Waals surface area contributed by atoms with Gasteiger partial charge in [0, 0.05) is 31.8 Å². The summed E-state index contributed by atoms with van der Waals surface area (Å²) in [5.41, 5.74) is 6.82. The number of nitrogens with two attached hydrogens (primary N) is 1. The molecule has 0 amide bonds. The average molecular weight is 245 g/mol. The third-order valence-corrected chi connectivity index (χ3v) is 2.58. The van der Waals surface area contributed by atoms with Crippen molar-refractivity contribution in [3.63, 3.8) is 0 Å². The maximum Gasteiger partial charge on any atom is 0.253 e. The molecule has 0 spiro atoms. The van der Waals surface area contributed by atoms with Crippen molar-refractivity contribution in [1.82, 2.24) is 19.5 Å². The topological polar surface area (TPSA) is 86.7 Å². The van der Waals surface area contributed by atoms with Crippen LogP contribution in [0.25, 0.3) is 11.4 Å². The molecule has 6 nitrogen and oxygen atoms in total. The summed E-state index contributed by atoms with van der Waals surface area (Å²) in [6.45, 7) is 1.88. The highest BCUT2D eigenvalue weighted by molar-refractivity contribution is 5.52. The Balaban J connectivity index is 2.51. The summed E-state index contributed by atoms with van der Waals surface area (Å²) >= 11 is 0. The Hall–Kier alpha value is -2.08. The van der Waals surface area contributed by atoms with Crippen LogP contribution in [-0.4, -0.2) is 25.6 Å². The number of nitrogens with zero attached hydrogens (tertiary/aromatic N) is 4. The molecule has 0 bridgehead atoms. The van der Waals surface area contributed by atoms with Crippen molar-refractivity contribution in [2.45, 2.75) is 19.4 Å². The fraction of sp³-hybridized carbons (Fsp3) is 0.333. The molecule has 0 aliphatic rings. The lowest BCUT2D eigenvalue weighted by atomic mass is 10.2. The average Bonchev–Trinajstić information content (AvgIpc) is 2.35. The van der Waals surface area contributed by atoms with Gasteiger partial charge in [-0.2, -0.15) is 0 Å². The second-order valence-electron chi connectivity index (χ2n) is 4.23. The number of rotatable bonds is 3. The molecule has 94 valence electrons. The van der Waals surface area contributed by atoms with Crippen LogP contribution in [0.5, 0.6) is 0 Å². The van der Waals surface area contributed by atoms with Gasteiger partial charge < -0.3 is 5.73 Å². The van der Waals surface area contributed by atoms with E-state index in [9.17, 15) is 4.79 Å². The van der Waals surface area contributed by atoms with Gasteiger partial charge >= 0.3 is 0 Å².